The maximum absolute atomic E-state index is 10.5. The van der Waals surface area contributed by atoms with E-state index in [9.17, 15) is 9.67 Å². The third kappa shape index (κ3) is 3.16. The van der Waals surface area contributed by atoms with Gasteiger partial charge in [-0.05, 0) is 6.08 Å². The first-order chi connectivity index (χ1) is 6.44. The highest BCUT2D eigenvalue weighted by Gasteiger charge is 2.34. The first kappa shape index (κ1) is 11.8. The molecule has 0 bridgehead atoms. The van der Waals surface area contributed by atoms with E-state index in [1.165, 1.54) is 7.11 Å². The van der Waals surface area contributed by atoms with Crippen molar-refractivity contribution >= 4 is 7.60 Å². The van der Waals surface area contributed by atoms with Crippen molar-refractivity contribution in [3.8, 4) is 0 Å². The second-order valence-electron chi connectivity index (χ2n) is 2.99. The number of hydrogen-bond donors (Lipinski definition) is 3. The molecule has 1 rings (SSSR count). The summed E-state index contributed by atoms with van der Waals surface area (Å²) in [4.78, 5) is 17.1. The van der Waals surface area contributed by atoms with Crippen LogP contribution in [0, 0.1) is 0 Å². The van der Waals surface area contributed by atoms with E-state index in [4.69, 9.17) is 19.3 Å². The van der Waals surface area contributed by atoms with Crippen molar-refractivity contribution in [3.05, 3.63) is 11.9 Å². The molecule has 1 fully saturated rings. The fourth-order valence-corrected chi connectivity index (χ4v) is 1.58. The molecule has 1 aliphatic rings. The molecule has 0 saturated carbocycles. The molecule has 0 aliphatic carbocycles. The lowest BCUT2D eigenvalue weighted by atomic mass is 10.1. The highest BCUT2D eigenvalue weighted by Crippen LogP contribution is 2.36. The van der Waals surface area contributed by atoms with Crippen molar-refractivity contribution in [2.75, 3.05) is 13.7 Å². The number of aliphatic hydroxyl groups excluding tert-OH is 1. The lowest BCUT2D eigenvalue weighted by molar-refractivity contribution is 0.0140. The third-order valence-corrected chi connectivity index (χ3v) is 2.50. The minimum absolute atomic E-state index is 0.216. The minimum Gasteiger partial charge on any atom is -0.387 e. The van der Waals surface area contributed by atoms with Gasteiger partial charge in [0.05, 0.1) is 6.61 Å². The van der Waals surface area contributed by atoms with E-state index in [0.29, 0.717) is 0 Å². The summed E-state index contributed by atoms with van der Waals surface area (Å²) >= 11 is 0. The minimum atomic E-state index is -4.19. The molecule has 0 aromatic carbocycles. The molecule has 3 N–H and O–H groups in total. The second-order valence-corrected chi connectivity index (χ2v) is 4.47. The molecule has 3 atom stereocenters. The molecule has 1 saturated heterocycles. The quantitative estimate of drug-likeness (QED) is 0.557. The van der Waals surface area contributed by atoms with Gasteiger partial charge < -0.3 is 24.4 Å². The Morgan fingerprint density at radius 2 is 2.21 bits per heavy atom. The summed E-state index contributed by atoms with van der Waals surface area (Å²) in [6.07, 6.45) is -0.887. The lowest BCUT2D eigenvalue weighted by Crippen LogP contribution is -2.30. The van der Waals surface area contributed by atoms with Gasteiger partial charge in [0.25, 0.3) is 0 Å². The molecule has 0 radical (unpaired) electrons. The van der Waals surface area contributed by atoms with Crippen molar-refractivity contribution in [2.24, 2.45) is 0 Å². The van der Waals surface area contributed by atoms with Crippen LogP contribution in [0.3, 0.4) is 0 Å². The fourth-order valence-electron chi connectivity index (χ4n) is 1.19. The topological polar surface area (TPSA) is 96.2 Å². The van der Waals surface area contributed by atoms with Crippen molar-refractivity contribution in [3.63, 3.8) is 0 Å². The first-order valence-electron chi connectivity index (χ1n) is 4.01. The van der Waals surface area contributed by atoms with Gasteiger partial charge in [0.1, 0.15) is 18.3 Å². The maximum Gasteiger partial charge on any atom is 0.348 e. The Hall–Kier alpha value is -0.230. The Bertz CT molecular complexity index is 259. The van der Waals surface area contributed by atoms with Crippen LogP contribution in [0.5, 0.6) is 0 Å². The van der Waals surface area contributed by atoms with Gasteiger partial charge in [-0.25, -0.2) is 0 Å². The normalized spacial score (nSPS) is 34.1. The smallest absolute Gasteiger partial charge is 0.348 e. The molecule has 14 heavy (non-hydrogen) atoms. The van der Waals surface area contributed by atoms with Crippen LogP contribution in [-0.2, 0) is 14.0 Å². The number of rotatable bonds is 3. The molecule has 0 aromatic heterocycles. The monoisotopic (exact) mass is 224 g/mol. The SMILES string of the molecule is CO[C@@H]1CO[C@H](/C=C\P(=O)(O)O)C1O. The van der Waals surface area contributed by atoms with Gasteiger partial charge in [-0.15, -0.1) is 0 Å². The molecule has 1 aliphatic heterocycles. The van der Waals surface area contributed by atoms with E-state index < -0.39 is 25.9 Å². The van der Waals surface area contributed by atoms with Crippen LogP contribution in [0.2, 0.25) is 0 Å². The summed E-state index contributed by atoms with van der Waals surface area (Å²) in [6.45, 7) is 0.216. The van der Waals surface area contributed by atoms with Crippen LogP contribution in [-0.4, -0.2) is 46.9 Å². The van der Waals surface area contributed by atoms with Crippen molar-refractivity contribution < 1.29 is 28.9 Å². The van der Waals surface area contributed by atoms with Gasteiger partial charge in [0, 0.05) is 12.9 Å². The Kier molecular flexibility index (Phi) is 3.83. The largest absolute Gasteiger partial charge is 0.387 e. The molecule has 7 heteroatoms. The summed E-state index contributed by atoms with van der Waals surface area (Å²) in [5, 5.41) is 9.49. The van der Waals surface area contributed by atoms with E-state index in [2.05, 4.69) is 0 Å². The predicted molar refractivity (Wildman–Crippen MR) is 47.7 cm³/mol. The van der Waals surface area contributed by atoms with Gasteiger partial charge in [0.15, 0.2) is 0 Å². The number of aliphatic hydroxyl groups is 1. The van der Waals surface area contributed by atoms with Crippen LogP contribution < -0.4 is 0 Å². The molecular formula is C7H13O6P. The van der Waals surface area contributed by atoms with Crippen LogP contribution >= 0.6 is 7.60 Å². The average Bonchev–Trinajstić information content (AvgIpc) is 2.42. The zero-order chi connectivity index (χ0) is 10.8. The van der Waals surface area contributed by atoms with Gasteiger partial charge in [-0.1, -0.05) is 0 Å². The summed E-state index contributed by atoms with van der Waals surface area (Å²) in [6, 6.07) is 0. The van der Waals surface area contributed by atoms with Gasteiger partial charge in [-0.3, -0.25) is 4.57 Å². The van der Waals surface area contributed by atoms with Gasteiger partial charge in [-0.2, -0.15) is 0 Å². The van der Waals surface area contributed by atoms with E-state index in [1.807, 2.05) is 0 Å². The lowest BCUT2D eigenvalue weighted by Gasteiger charge is -2.12. The second kappa shape index (κ2) is 4.53. The fraction of sp³-hybridized carbons (Fsp3) is 0.714. The molecule has 0 spiro atoms. The molecule has 1 heterocycles. The Morgan fingerprint density at radius 1 is 1.57 bits per heavy atom. The third-order valence-electron chi connectivity index (χ3n) is 1.94. The summed E-state index contributed by atoms with van der Waals surface area (Å²) in [7, 11) is -2.75. The maximum atomic E-state index is 10.5. The predicted octanol–water partition coefficient (Wildman–Crippen LogP) is -0.548. The molecule has 0 aromatic rings. The van der Waals surface area contributed by atoms with E-state index >= 15 is 0 Å². The summed E-state index contributed by atoms with van der Waals surface area (Å²) in [5.41, 5.74) is 0. The average molecular weight is 224 g/mol. The summed E-state index contributed by atoms with van der Waals surface area (Å²) in [5.74, 6) is 0.721. The number of hydrogen-bond acceptors (Lipinski definition) is 4. The number of ether oxygens (including phenoxy) is 2. The number of methoxy groups -OCH3 is 1. The Balaban J connectivity index is 2.56. The van der Waals surface area contributed by atoms with Crippen molar-refractivity contribution in [2.45, 2.75) is 18.3 Å². The standard InChI is InChI=1S/C7H13O6P/c1-12-6-4-13-5(7(6)8)2-3-14(9,10)11/h2-3,5-8H,4H2,1H3,(H2,9,10,11)/b3-2-/t5-,6-,7?/m1/s1. The molecule has 82 valence electrons. The van der Waals surface area contributed by atoms with Crippen LogP contribution in [0.4, 0.5) is 0 Å². The van der Waals surface area contributed by atoms with Crippen molar-refractivity contribution in [1.29, 1.82) is 0 Å². The van der Waals surface area contributed by atoms with Crippen LogP contribution in [0.1, 0.15) is 0 Å². The first-order valence-corrected chi connectivity index (χ1v) is 5.69. The zero-order valence-electron chi connectivity index (χ0n) is 7.61. The molecule has 1 unspecified atom stereocenters. The zero-order valence-corrected chi connectivity index (χ0v) is 8.50. The van der Waals surface area contributed by atoms with Crippen molar-refractivity contribution in [1.82, 2.24) is 0 Å². The van der Waals surface area contributed by atoms with E-state index in [0.717, 1.165) is 11.9 Å². The highest BCUT2D eigenvalue weighted by atomic mass is 31.2. The molecular weight excluding hydrogens is 211 g/mol. The van der Waals surface area contributed by atoms with Gasteiger partial charge in [0.2, 0.25) is 0 Å². The van der Waals surface area contributed by atoms with Crippen LogP contribution in [0.25, 0.3) is 0 Å². The van der Waals surface area contributed by atoms with E-state index in [-0.39, 0.29) is 6.61 Å². The molecule has 0 amide bonds. The Labute approximate surface area is 81.3 Å². The van der Waals surface area contributed by atoms with E-state index in [1.54, 1.807) is 0 Å². The highest BCUT2D eigenvalue weighted by molar-refractivity contribution is 7.55. The Morgan fingerprint density at radius 3 is 2.64 bits per heavy atom. The van der Waals surface area contributed by atoms with Crippen LogP contribution in [0.15, 0.2) is 11.9 Å². The van der Waals surface area contributed by atoms with Gasteiger partial charge >= 0.3 is 7.60 Å². The summed E-state index contributed by atoms with van der Waals surface area (Å²) < 4.78 is 20.4. The molecule has 6 nitrogen and oxygen atoms in total.